The minimum Gasteiger partial charge on any atom is -0.489 e. The van der Waals surface area contributed by atoms with E-state index >= 15 is 0 Å². The van der Waals surface area contributed by atoms with Gasteiger partial charge in [-0.25, -0.2) is 4.79 Å². The van der Waals surface area contributed by atoms with Crippen LogP contribution in [0.4, 0.5) is 0 Å². The first kappa shape index (κ1) is 20.1. The highest BCUT2D eigenvalue weighted by Gasteiger charge is 2.20. The van der Waals surface area contributed by atoms with E-state index in [1.165, 1.54) is 0 Å². The third kappa shape index (κ3) is 4.70. The second kappa shape index (κ2) is 9.11. The molecule has 0 aliphatic carbocycles. The highest BCUT2D eigenvalue weighted by Crippen LogP contribution is 2.32. The summed E-state index contributed by atoms with van der Waals surface area (Å²) in [4.78, 5) is 11.0. The van der Waals surface area contributed by atoms with Crippen LogP contribution in [0.25, 0.3) is 11.1 Å². The van der Waals surface area contributed by atoms with Crippen LogP contribution < -0.4 is 10.1 Å². The lowest BCUT2D eigenvalue weighted by atomic mass is 9.96. The van der Waals surface area contributed by atoms with Gasteiger partial charge in [-0.3, -0.25) is 0 Å². The predicted octanol–water partition coefficient (Wildman–Crippen LogP) is 4.07. The fourth-order valence-corrected chi connectivity index (χ4v) is 3.75. The first-order valence-electron chi connectivity index (χ1n) is 10.2. The molecule has 0 bridgehead atoms. The molecule has 3 N–H and O–H groups in total. The maximum Gasteiger partial charge on any atom is 0.335 e. The Morgan fingerprint density at radius 1 is 1.03 bits per heavy atom. The second-order valence-electron chi connectivity index (χ2n) is 7.57. The number of aliphatic hydroxyl groups is 1. The van der Waals surface area contributed by atoms with Crippen LogP contribution in [0.3, 0.4) is 0 Å². The topological polar surface area (TPSA) is 78.8 Å². The van der Waals surface area contributed by atoms with Crippen LogP contribution in [0.1, 0.15) is 34.0 Å². The first-order chi connectivity index (χ1) is 14.6. The summed E-state index contributed by atoms with van der Waals surface area (Å²) >= 11 is 0. The lowest BCUT2D eigenvalue weighted by molar-refractivity contribution is 0.0697. The standard InChI is InChI=1S/C25H25NO4/c27-23(18-4-2-1-3-5-18)16-26-15-22-12-10-21-14-20(11-13-24(21)30-22)17-6-8-19(9-7-17)25(28)29/h1-9,11,13-14,22-23,26-27H,10,12,15-16H2,(H,28,29)/t22-,23+/m1/s1. The summed E-state index contributed by atoms with van der Waals surface area (Å²) in [7, 11) is 0. The number of fused-ring (bicyclic) bond motifs is 1. The molecule has 0 amide bonds. The summed E-state index contributed by atoms with van der Waals surface area (Å²) in [6.07, 6.45) is 1.37. The molecule has 0 unspecified atom stereocenters. The number of nitrogens with one attached hydrogen (secondary N) is 1. The van der Waals surface area contributed by atoms with Gasteiger partial charge < -0.3 is 20.3 Å². The first-order valence-corrected chi connectivity index (χ1v) is 10.2. The molecule has 0 fully saturated rings. The minimum atomic E-state index is -0.920. The zero-order valence-electron chi connectivity index (χ0n) is 16.6. The summed E-state index contributed by atoms with van der Waals surface area (Å²) in [5.74, 6) is -0.0288. The van der Waals surface area contributed by atoms with Crippen molar-refractivity contribution >= 4 is 5.97 Å². The van der Waals surface area contributed by atoms with E-state index in [2.05, 4.69) is 11.4 Å². The Morgan fingerprint density at radius 3 is 2.50 bits per heavy atom. The fourth-order valence-electron chi connectivity index (χ4n) is 3.75. The maximum atomic E-state index is 11.0. The predicted molar refractivity (Wildman–Crippen MR) is 116 cm³/mol. The van der Waals surface area contributed by atoms with Gasteiger partial charge in [0.2, 0.25) is 0 Å². The molecule has 0 radical (unpaired) electrons. The maximum absolute atomic E-state index is 11.0. The van der Waals surface area contributed by atoms with Gasteiger partial charge in [-0.15, -0.1) is 0 Å². The number of aryl methyl sites for hydroxylation is 1. The van der Waals surface area contributed by atoms with Crippen molar-refractivity contribution in [3.05, 3.63) is 89.5 Å². The molecule has 2 atom stereocenters. The molecule has 5 nitrogen and oxygen atoms in total. The van der Waals surface area contributed by atoms with Crippen molar-refractivity contribution < 1.29 is 19.7 Å². The van der Waals surface area contributed by atoms with Gasteiger partial charge in [-0.2, -0.15) is 0 Å². The van der Waals surface area contributed by atoms with Gasteiger partial charge in [-0.1, -0.05) is 48.5 Å². The SMILES string of the molecule is O=C(O)c1ccc(-c2ccc3c(c2)CC[C@H](CNC[C@H](O)c2ccccc2)O3)cc1. The average Bonchev–Trinajstić information content (AvgIpc) is 2.79. The largest absolute Gasteiger partial charge is 0.489 e. The molecule has 5 heteroatoms. The minimum absolute atomic E-state index is 0.0705. The molecule has 1 heterocycles. The Kier molecular flexibility index (Phi) is 6.12. The monoisotopic (exact) mass is 403 g/mol. The number of rotatable bonds is 7. The molecule has 3 aromatic rings. The lowest BCUT2D eigenvalue weighted by Gasteiger charge is -2.27. The summed E-state index contributed by atoms with van der Waals surface area (Å²) < 4.78 is 6.14. The van der Waals surface area contributed by atoms with Gasteiger partial charge in [0.05, 0.1) is 11.7 Å². The van der Waals surface area contributed by atoms with Gasteiger partial charge in [0.1, 0.15) is 11.9 Å². The third-order valence-corrected chi connectivity index (χ3v) is 5.45. The van der Waals surface area contributed by atoms with Crippen LogP contribution >= 0.6 is 0 Å². The van der Waals surface area contributed by atoms with Gasteiger partial charge in [-0.05, 0) is 59.4 Å². The normalized spacial score (nSPS) is 16.4. The van der Waals surface area contributed by atoms with E-state index in [4.69, 9.17) is 9.84 Å². The fraction of sp³-hybridized carbons (Fsp3) is 0.240. The molecule has 154 valence electrons. The summed E-state index contributed by atoms with van der Waals surface area (Å²) in [6.45, 7) is 1.17. The highest BCUT2D eigenvalue weighted by atomic mass is 16.5. The van der Waals surface area contributed by atoms with Crippen LogP contribution in [0.5, 0.6) is 5.75 Å². The molecule has 0 spiro atoms. The Bertz CT molecular complexity index is 1000. The number of carboxylic acids is 1. The number of carbonyl (C=O) groups is 1. The number of hydrogen-bond donors (Lipinski definition) is 3. The summed E-state index contributed by atoms with van der Waals surface area (Å²) in [6, 6.07) is 22.7. The van der Waals surface area contributed by atoms with Crippen molar-refractivity contribution in [2.24, 2.45) is 0 Å². The summed E-state index contributed by atoms with van der Waals surface area (Å²) in [5.41, 5.74) is 4.39. The third-order valence-electron chi connectivity index (χ3n) is 5.45. The zero-order chi connectivity index (χ0) is 20.9. The number of ether oxygens (including phenoxy) is 1. The van der Waals surface area contributed by atoms with Crippen LogP contribution in [0.15, 0.2) is 72.8 Å². The molecule has 4 rings (SSSR count). The zero-order valence-corrected chi connectivity index (χ0v) is 16.6. The number of hydrogen-bond acceptors (Lipinski definition) is 4. The van der Waals surface area contributed by atoms with Crippen molar-refractivity contribution in [3.63, 3.8) is 0 Å². The molecule has 1 aliphatic rings. The molecule has 3 aromatic carbocycles. The Hall–Kier alpha value is -3.15. The number of aromatic carboxylic acids is 1. The Labute approximate surface area is 176 Å². The van der Waals surface area contributed by atoms with Gasteiger partial charge in [0, 0.05) is 13.1 Å². The number of carboxylic acid groups (broad SMARTS) is 1. The van der Waals surface area contributed by atoms with E-state index in [9.17, 15) is 9.90 Å². The van der Waals surface area contributed by atoms with Crippen molar-refractivity contribution in [1.29, 1.82) is 0 Å². The van der Waals surface area contributed by atoms with Crippen molar-refractivity contribution in [1.82, 2.24) is 5.32 Å². The molecule has 0 aromatic heterocycles. The number of aliphatic hydroxyl groups excluding tert-OH is 1. The van der Waals surface area contributed by atoms with E-state index in [0.29, 0.717) is 13.1 Å². The average molecular weight is 403 g/mol. The van der Waals surface area contributed by atoms with Crippen molar-refractivity contribution in [2.75, 3.05) is 13.1 Å². The molecule has 30 heavy (non-hydrogen) atoms. The van der Waals surface area contributed by atoms with Gasteiger partial charge >= 0.3 is 5.97 Å². The molecule has 0 saturated carbocycles. The van der Waals surface area contributed by atoms with E-state index < -0.39 is 12.1 Å². The van der Waals surface area contributed by atoms with Crippen molar-refractivity contribution in [3.8, 4) is 16.9 Å². The quantitative estimate of drug-likeness (QED) is 0.554. The molecule has 0 saturated heterocycles. The highest BCUT2D eigenvalue weighted by molar-refractivity contribution is 5.88. The smallest absolute Gasteiger partial charge is 0.335 e. The van der Waals surface area contributed by atoms with E-state index in [-0.39, 0.29) is 11.7 Å². The second-order valence-corrected chi connectivity index (χ2v) is 7.57. The Balaban J connectivity index is 1.34. The molecule has 1 aliphatic heterocycles. The van der Waals surface area contributed by atoms with Crippen LogP contribution in [0, 0.1) is 0 Å². The molecular formula is C25H25NO4. The van der Waals surface area contributed by atoms with Crippen LogP contribution in [-0.4, -0.2) is 35.4 Å². The van der Waals surface area contributed by atoms with Crippen molar-refractivity contribution in [2.45, 2.75) is 25.0 Å². The van der Waals surface area contributed by atoms with Gasteiger partial charge in [0.25, 0.3) is 0 Å². The Morgan fingerprint density at radius 2 is 1.77 bits per heavy atom. The van der Waals surface area contributed by atoms with Crippen LogP contribution in [0.2, 0.25) is 0 Å². The van der Waals surface area contributed by atoms with E-state index in [0.717, 1.165) is 40.8 Å². The summed E-state index contributed by atoms with van der Waals surface area (Å²) in [5, 5.41) is 22.6. The van der Waals surface area contributed by atoms with E-state index in [1.807, 2.05) is 54.6 Å². The number of benzene rings is 3. The van der Waals surface area contributed by atoms with Crippen LogP contribution in [-0.2, 0) is 6.42 Å². The van der Waals surface area contributed by atoms with E-state index in [1.54, 1.807) is 12.1 Å². The van der Waals surface area contributed by atoms with Gasteiger partial charge in [0.15, 0.2) is 0 Å². The molecular weight excluding hydrogens is 378 g/mol. The lowest BCUT2D eigenvalue weighted by Crippen LogP contribution is -2.36.